The molecular weight excluding hydrogens is 211 g/mol. The van der Waals surface area contributed by atoms with Crippen LogP contribution >= 0.6 is 0 Å². The molecule has 0 saturated heterocycles. The largest absolute Gasteiger partial charge is 0.476 e. The molecule has 88 valence electrons. The second-order valence-corrected chi connectivity index (χ2v) is 4.55. The maximum absolute atomic E-state index is 12.8. The number of halogens is 1. The van der Waals surface area contributed by atoms with E-state index in [1.54, 1.807) is 12.1 Å². The third kappa shape index (κ3) is 3.22. The highest BCUT2D eigenvalue weighted by molar-refractivity contribution is 5.70. The first-order chi connectivity index (χ1) is 7.30. The highest BCUT2D eigenvalue weighted by Gasteiger charge is 2.19. The fourth-order valence-corrected chi connectivity index (χ4v) is 1.21. The smallest absolute Gasteiger partial charge is 0.378 e. The van der Waals surface area contributed by atoms with Crippen molar-refractivity contribution in [3.63, 3.8) is 0 Å². The van der Waals surface area contributed by atoms with Gasteiger partial charge in [0, 0.05) is 0 Å². The molecule has 1 aromatic rings. The first-order valence-corrected chi connectivity index (χ1v) is 4.95. The Kier molecular flexibility index (Phi) is 3.52. The van der Waals surface area contributed by atoms with Crippen molar-refractivity contribution in [2.24, 2.45) is 0 Å². The van der Waals surface area contributed by atoms with Gasteiger partial charge in [-0.1, -0.05) is 32.9 Å². The van der Waals surface area contributed by atoms with E-state index in [1.807, 2.05) is 26.8 Å². The lowest BCUT2D eigenvalue weighted by Crippen LogP contribution is -2.21. The van der Waals surface area contributed by atoms with Gasteiger partial charge in [-0.15, -0.1) is 0 Å². The van der Waals surface area contributed by atoms with E-state index in [4.69, 9.17) is 5.11 Å². The minimum Gasteiger partial charge on any atom is -0.476 e. The van der Waals surface area contributed by atoms with Crippen LogP contribution < -0.4 is 4.74 Å². The number of hydrogen-bond acceptors (Lipinski definition) is 2. The lowest BCUT2D eigenvalue weighted by molar-refractivity contribution is -0.153. The molecule has 3 nitrogen and oxygen atoms in total. The summed E-state index contributed by atoms with van der Waals surface area (Å²) in [5, 5.41) is 8.37. The second kappa shape index (κ2) is 4.51. The van der Waals surface area contributed by atoms with Gasteiger partial charge in [-0.2, -0.15) is 4.39 Å². The fourth-order valence-electron chi connectivity index (χ4n) is 1.21. The summed E-state index contributed by atoms with van der Waals surface area (Å²) in [6.45, 7) is 6.03. The Balaban J connectivity index is 2.87. The molecule has 1 rings (SSSR count). The first kappa shape index (κ1) is 12.5. The topological polar surface area (TPSA) is 46.5 Å². The van der Waals surface area contributed by atoms with Gasteiger partial charge in [0.05, 0.1) is 0 Å². The number of ether oxygens (including phenoxy) is 1. The summed E-state index contributed by atoms with van der Waals surface area (Å²) in [5.74, 6) is -1.40. The highest BCUT2D eigenvalue weighted by atomic mass is 19.1. The van der Waals surface area contributed by atoms with Gasteiger partial charge in [-0.3, -0.25) is 0 Å². The van der Waals surface area contributed by atoms with E-state index < -0.39 is 12.3 Å². The maximum atomic E-state index is 12.8. The summed E-state index contributed by atoms with van der Waals surface area (Å²) >= 11 is 0. The van der Waals surface area contributed by atoms with Crippen LogP contribution in [0.3, 0.4) is 0 Å². The molecule has 0 bridgehead atoms. The van der Waals surface area contributed by atoms with Crippen molar-refractivity contribution >= 4 is 5.97 Å². The molecule has 0 aliphatic rings. The summed E-state index contributed by atoms with van der Waals surface area (Å²) in [5.41, 5.74) is 0.872. The number of carbonyl (C=O) groups is 1. The number of alkyl halides is 1. The van der Waals surface area contributed by atoms with E-state index >= 15 is 0 Å². The molecule has 1 unspecified atom stereocenters. The van der Waals surface area contributed by atoms with Crippen LogP contribution in [-0.2, 0) is 10.2 Å². The Morgan fingerprint density at radius 3 is 2.56 bits per heavy atom. The van der Waals surface area contributed by atoms with Crippen LogP contribution in [0.15, 0.2) is 24.3 Å². The van der Waals surface area contributed by atoms with Gasteiger partial charge in [0.1, 0.15) is 5.75 Å². The lowest BCUT2D eigenvalue weighted by atomic mass is 9.87. The second-order valence-electron chi connectivity index (χ2n) is 4.55. The molecule has 0 saturated carbocycles. The quantitative estimate of drug-likeness (QED) is 0.862. The zero-order valence-corrected chi connectivity index (χ0v) is 9.53. The number of benzene rings is 1. The van der Waals surface area contributed by atoms with Gasteiger partial charge in [-0.05, 0) is 23.1 Å². The molecule has 0 aliphatic carbocycles. The van der Waals surface area contributed by atoms with Crippen LogP contribution in [0.4, 0.5) is 4.39 Å². The fraction of sp³-hybridized carbons (Fsp3) is 0.417. The van der Waals surface area contributed by atoms with Crippen LogP contribution in [0.1, 0.15) is 26.3 Å². The predicted octanol–water partition coefficient (Wildman–Crippen LogP) is 2.74. The molecule has 0 spiro atoms. The van der Waals surface area contributed by atoms with Gasteiger partial charge < -0.3 is 9.84 Å². The Labute approximate surface area is 93.9 Å². The number of carboxylic acids is 1. The standard InChI is InChI=1S/C12H15FO3/c1-12(2,3)8-5-4-6-9(7-8)16-10(13)11(14)15/h4-7,10H,1-3H3,(H,14,15). The van der Waals surface area contributed by atoms with E-state index in [2.05, 4.69) is 4.74 Å². The molecule has 0 amide bonds. The van der Waals surface area contributed by atoms with Crippen molar-refractivity contribution in [2.45, 2.75) is 32.5 Å². The van der Waals surface area contributed by atoms with Gasteiger partial charge >= 0.3 is 12.3 Å². The van der Waals surface area contributed by atoms with Gasteiger partial charge in [0.2, 0.25) is 0 Å². The van der Waals surface area contributed by atoms with E-state index in [-0.39, 0.29) is 11.2 Å². The number of aliphatic carboxylic acids is 1. The Hall–Kier alpha value is -1.58. The number of rotatable bonds is 3. The molecule has 4 heteroatoms. The number of carboxylic acid groups (broad SMARTS) is 1. The Morgan fingerprint density at radius 2 is 2.06 bits per heavy atom. The summed E-state index contributed by atoms with van der Waals surface area (Å²) in [7, 11) is 0. The van der Waals surface area contributed by atoms with Crippen molar-refractivity contribution in [1.29, 1.82) is 0 Å². The summed E-state index contributed by atoms with van der Waals surface area (Å²) in [6.07, 6.45) is -2.32. The number of hydrogen-bond donors (Lipinski definition) is 1. The van der Waals surface area contributed by atoms with Gasteiger partial charge in [0.15, 0.2) is 0 Å². The highest BCUT2D eigenvalue weighted by Crippen LogP contribution is 2.26. The van der Waals surface area contributed by atoms with Crippen LogP contribution in [0.25, 0.3) is 0 Å². The van der Waals surface area contributed by atoms with Crippen molar-refractivity contribution in [1.82, 2.24) is 0 Å². The minimum absolute atomic E-state index is 0.0889. The van der Waals surface area contributed by atoms with E-state index in [1.165, 1.54) is 6.07 Å². The van der Waals surface area contributed by atoms with Crippen LogP contribution in [0, 0.1) is 0 Å². The van der Waals surface area contributed by atoms with E-state index in [0.717, 1.165) is 5.56 Å². The molecule has 16 heavy (non-hydrogen) atoms. The Bertz CT molecular complexity index is 382. The van der Waals surface area contributed by atoms with Crippen LogP contribution in [0.2, 0.25) is 0 Å². The molecule has 1 atom stereocenters. The van der Waals surface area contributed by atoms with Crippen molar-refractivity contribution in [3.8, 4) is 5.75 Å². The lowest BCUT2D eigenvalue weighted by Gasteiger charge is -2.19. The molecule has 0 fully saturated rings. The zero-order valence-electron chi connectivity index (χ0n) is 9.53. The molecule has 0 heterocycles. The monoisotopic (exact) mass is 226 g/mol. The van der Waals surface area contributed by atoms with Crippen molar-refractivity contribution in [3.05, 3.63) is 29.8 Å². The average molecular weight is 226 g/mol. The maximum Gasteiger partial charge on any atom is 0.378 e. The third-order valence-electron chi connectivity index (χ3n) is 2.13. The summed E-state index contributed by atoms with van der Waals surface area (Å²) in [4.78, 5) is 10.3. The molecule has 0 aliphatic heterocycles. The first-order valence-electron chi connectivity index (χ1n) is 4.95. The molecule has 1 aromatic carbocycles. The third-order valence-corrected chi connectivity index (χ3v) is 2.13. The van der Waals surface area contributed by atoms with E-state index in [9.17, 15) is 9.18 Å². The van der Waals surface area contributed by atoms with E-state index in [0.29, 0.717) is 0 Å². The normalized spacial score (nSPS) is 13.2. The van der Waals surface area contributed by atoms with Crippen LogP contribution in [0.5, 0.6) is 5.75 Å². The van der Waals surface area contributed by atoms with Crippen LogP contribution in [-0.4, -0.2) is 17.4 Å². The van der Waals surface area contributed by atoms with Crippen molar-refractivity contribution < 1.29 is 19.0 Å². The predicted molar refractivity (Wildman–Crippen MR) is 58.3 cm³/mol. The molecule has 0 aromatic heterocycles. The summed E-state index contributed by atoms with van der Waals surface area (Å²) in [6, 6.07) is 6.78. The SMILES string of the molecule is CC(C)(C)c1cccc(OC(F)C(=O)O)c1. The van der Waals surface area contributed by atoms with Crippen molar-refractivity contribution in [2.75, 3.05) is 0 Å². The van der Waals surface area contributed by atoms with Gasteiger partial charge in [-0.25, -0.2) is 4.79 Å². The average Bonchev–Trinajstić information content (AvgIpc) is 2.16. The zero-order chi connectivity index (χ0) is 12.3. The Morgan fingerprint density at radius 1 is 1.44 bits per heavy atom. The minimum atomic E-state index is -2.32. The molecular formula is C12H15FO3. The molecule has 1 N–H and O–H groups in total. The van der Waals surface area contributed by atoms with Gasteiger partial charge in [0.25, 0.3) is 0 Å². The summed E-state index contributed by atoms with van der Waals surface area (Å²) < 4.78 is 17.5. The molecule has 0 radical (unpaired) electrons.